The highest BCUT2D eigenvalue weighted by atomic mass is 32.2. The van der Waals surface area contributed by atoms with Crippen molar-refractivity contribution in [1.29, 1.82) is 0 Å². The number of halogens is 3. The van der Waals surface area contributed by atoms with Crippen molar-refractivity contribution in [2.24, 2.45) is 0 Å². The van der Waals surface area contributed by atoms with Gasteiger partial charge in [-0.1, -0.05) is 0 Å². The van der Waals surface area contributed by atoms with Gasteiger partial charge in [0, 0.05) is 4.90 Å². The lowest BCUT2D eigenvalue weighted by Crippen LogP contribution is -2.46. The molecule has 1 aliphatic rings. The smallest absolute Gasteiger partial charge is 0.343 e. The van der Waals surface area contributed by atoms with Crippen molar-refractivity contribution in [2.75, 3.05) is 0 Å². The molecular formula is C10H8F3NOS. The largest absolute Gasteiger partial charge is 0.416 e. The Balaban J connectivity index is 2.00. The third-order valence-electron chi connectivity index (χ3n) is 2.15. The average Bonchev–Trinajstić information content (AvgIpc) is 2.15. The van der Waals surface area contributed by atoms with Gasteiger partial charge in [-0.2, -0.15) is 13.2 Å². The van der Waals surface area contributed by atoms with Crippen LogP contribution in [0.4, 0.5) is 13.2 Å². The van der Waals surface area contributed by atoms with E-state index in [1.807, 2.05) is 0 Å². The standard InChI is InChI=1S/C10H8F3NOS/c11-10(12,13)6-1-3-7(4-2-6)16-9-5-8(15)14-9/h1-4,9H,5H2,(H,14,15). The van der Waals surface area contributed by atoms with Gasteiger partial charge < -0.3 is 5.32 Å². The van der Waals surface area contributed by atoms with Gasteiger partial charge in [0.15, 0.2) is 0 Å². The van der Waals surface area contributed by atoms with Crippen LogP contribution in [-0.2, 0) is 11.0 Å². The molecule has 1 N–H and O–H groups in total. The first-order valence-electron chi connectivity index (χ1n) is 4.58. The number of carbonyl (C=O) groups excluding carboxylic acids is 1. The maximum absolute atomic E-state index is 12.2. The Bertz CT molecular complexity index is 394. The van der Waals surface area contributed by atoms with E-state index in [0.717, 1.165) is 17.0 Å². The van der Waals surface area contributed by atoms with E-state index in [-0.39, 0.29) is 11.3 Å². The number of nitrogens with one attached hydrogen (secondary N) is 1. The first kappa shape index (κ1) is 11.3. The number of hydrogen-bond acceptors (Lipinski definition) is 2. The van der Waals surface area contributed by atoms with Gasteiger partial charge in [-0.15, -0.1) is 11.8 Å². The first-order valence-corrected chi connectivity index (χ1v) is 5.46. The van der Waals surface area contributed by atoms with Crippen LogP contribution in [-0.4, -0.2) is 11.3 Å². The normalized spacial score (nSPS) is 20.2. The molecule has 0 aromatic heterocycles. The minimum absolute atomic E-state index is 0.00997. The summed E-state index contributed by atoms with van der Waals surface area (Å²) in [5.74, 6) is -0.0237. The summed E-state index contributed by atoms with van der Waals surface area (Å²) >= 11 is 1.35. The third-order valence-corrected chi connectivity index (χ3v) is 3.27. The van der Waals surface area contributed by atoms with Gasteiger partial charge in [0.25, 0.3) is 0 Å². The number of alkyl halides is 3. The zero-order valence-corrected chi connectivity index (χ0v) is 8.86. The monoisotopic (exact) mass is 247 g/mol. The van der Waals surface area contributed by atoms with Gasteiger partial charge in [0.2, 0.25) is 5.91 Å². The third kappa shape index (κ3) is 2.49. The zero-order chi connectivity index (χ0) is 11.8. The molecule has 0 radical (unpaired) electrons. The molecule has 1 amide bonds. The summed E-state index contributed by atoms with van der Waals surface area (Å²) in [6, 6.07) is 4.92. The lowest BCUT2D eigenvalue weighted by atomic mass is 10.2. The van der Waals surface area contributed by atoms with E-state index in [9.17, 15) is 18.0 Å². The molecule has 6 heteroatoms. The Morgan fingerprint density at radius 2 is 1.81 bits per heavy atom. The second-order valence-electron chi connectivity index (χ2n) is 3.40. The van der Waals surface area contributed by atoms with Crippen molar-refractivity contribution in [3.63, 3.8) is 0 Å². The van der Waals surface area contributed by atoms with Crippen molar-refractivity contribution in [3.05, 3.63) is 29.8 Å². The summed E-state index contributed by atoms with van der Waals surface area (Å²) in [5, 5.41) is 2.63. The van der Waals surface area contributed by atoms with E-state index >= 15 is 0 Å². The van der Waals surface area contributed by atoms with Crippen molar-refractivity contribution < 1.29 is 18.0 Å². The summed E-state index contributed by atoms with van der Waals surface area (Å²) in [4.78, 5) is 11.3. The quantitative estimate of drug-likeness (QED) is 0.814. The molecule has 1 aromatic rings. The fourth-order valence-corrected chi connectivity index (χ4v) is 2.33. The molecule has 0 saturated carbocycles. The minimum Gasteiger partial charge on any atom is -0.343 e. The topological polar surface area (TPSA) is 29.1 Å². The highest BCUT2D eigenvalue weighted by Gasteiger charge is 2.30. The number of thioether (sulfide) groups is 1. The molecule has 0 bridgehead atoms. The summed E-state index contributed by atoms with van der Waals surface area (Å²) < 4.78 is 36.7. The lowest BCUT2D eigenvalue weighted by molar-refractivity contribution is -0.137. The van der Waals surface area contributed by atoms with Gasteiger partial charge in [-0.25, -0.2) is 0 Å². The van der Waals surface area contributed by atoms with E-state index in [4.69, 9.17) is 0 Å². The predicted octanol–water partition coefficient (Wildman–Crippen LogP) is 2.64. The highest BCUT2D eigenvalue weighted by Crippen LogP contribution is 2.32. The van der Waals surface area contributed by atoms with Crippen LogP contribution >= 0.6 is 11.8 Å². The number of rotatable bonds is 2. The van der Waals surface area contributed by atoms with Crippen LogP contribution in [0.25, 0.3) is 0 Å². The molecule has 1 fully saturated rings. The fraction of sp³-hybridized carbons (Fsp3) is 0.300. The molecule has 1 aromatic carbocycles. The molecule has 1 unspecified atom stereocenters. The summed E-state index contributed by atoms with van der Waals surface area (Å²) in [5.41, 5.74) is -0.658. The van der Waals surface area contributed by atoms with E-state index in [0.29, 0.717) is 6.42 Å². The van der Waals surface area contributed by atoms with Gasteiger partial charge in [-0.05, 0) is 24.3 Å². The predicted molar refractivity (Wildman–Crippen MR) is 53.8 cm³/mol. The second kappa shape index (κ2) is 4.01. The van der Waals surface area contributed by atoms with Crippen LogP contribution in [0.2, 0.25) is 0 Å². The molecule has 0 spiro atoms. The van der Waals surface area contributed by atoms with Crippen LogP contribution < -0.4 is 5.32 Å². The van der Waals surface area contributed by atoms with Crippen LogP contribution in [0.15, 0.2) is 29.2 Å². The maximum Gasteiger partial charge on any atom is 0.416 e. The van der Waals surface area contributed by atoms with E-state index in [1.165, 1.54) is 23.9 Å². The summed E-state index contributed by atoms with van der Waals surface area (Å²) in [6.45, 7) is 0. The minimum atomic E-state index is -4.30. The van der Waals surface area contributed by atoms with Gasteiger partial charge >= 0.3 is 6.18 Å². The van der Waals surface area contributed by atoms with Crippen LogP contribution in [0.1, 0.15) is 12.0 Å². The second-order valence-corrected chi connectivity index (χ2v) is 4.68. The summed E-state index contributed by atoms with van der Waals surface area (Å²) in [7, 11) is 0. The van der Waals surface area contributed by atoms with Gasteiger partial charge in [0.05, 0.1) is 17.4 Å². The number of amides is 1. The van der Waals surface area contributed by atoms with E-state index < -0.39 is 11.7 Å². The molecule has 1 saturated heterocycles. The van der Waals surface area contributed by atoms with Crippen LogP contribution in [0.3, 0.4) is 0 Å². The fourth-order valence-electron chi connectivity index (χ4n) is 1.28. The van der Waals surface area contributed by atoms with Gasteiger partial charge in [0.1, 0.15) is 0 Å². The van der Waals surface area contributed by atoms with Crippen LogP contribution in [0.5, 0.6) is 0 Å². The van der Waals surface area contributed by atoms with Crippen molar-refractivity contribution in [2.45, 2.75) is 22.9 Å². The van der Waals surface area contributed by atoms with Crippen molar-refractivity contribution >= 4 is 17.7 Å². The number of hydrogen-bond donors (Lipinski definition) is 1. The number of β-lactam (4-membered cyclic amide) rings is 1. The number of carbonyl (C=O) groups is 1. The van der Waals surface area contributed by atoms with Crippen LogP contribution in [0, 0.1) is 0 Å². The van der Waals surface area contributed by atoms with Gasteiger partial charge in [-0.3, -0.25) is 4.79 Å². The maximum atomic E-state index is 12.2. The molecule has 1 atom stereocenters. The van der Waals surface area contributed by atoms with E-state index in [2.05, 4.69) is 5.32 Å². The lowest BCUT2D eigenvalue weighted by Gasteiger charge is -2.26. The molecule has 1 heterocycles. The zero-order valence-electron chi connectivity index (χ0n) is 8.04. The molecule has 86 valence electrons. The Kier molecular flexibility index (Phi) is 2.84. The molecular weight excluding hydrogens is 239 g/mol. The first-order chi connectivity index (χ1) is 7.45. The molecule has 0 aliphatic carbocycles. The number of benzene rings is 1. The Labute approximate surface area is 94.2 Å². The Morgan fingerprint density at radius 3 is 2.25 bits per heavy atom. The van der Waals surface area contributed by atoms with E-state index in [1.54, 1.807) is 0 Å². The molecule has 2 nitrogen and oxygen atoms in total. The average molecular weight is 247 g/mol. The summed E-state index contributed by atoms with van der Waals surface area (Å²) in [6.07, 6.45) is -3.88. The molecule has 2 rings (SSSR count). The molecule has 1 aliphatic heterocycles. The Morgan fingerprint density at radius 1 is 1.25 bits per heavy atom. The van der Waals surface area contributed by atoms with Crippen molar-refractivity contribution in [3.8, 4) is 0 Å². The Hall–Kier alpha value is -1.17. The van der Waals surface area contributed by atoms with Crippen molar-refractivity contribution in [1.82, 2.24) is 5.32 Å². The highest BCUT2D eigenvalue weighted by molar-refractivity contribution is 8.00. The molecule has 16 heavy (non-hydrogen) atoms. The SMILES string of the molecule is O=C1CC(Sc2ccc(C(F)(F)F)cc2)N1.